The summed E-state index contributed by atoms with van der Waals surface area (Å²) < 4.78 is 0. The second kappa shape index (κ2) is 4.78. The zero-order valence-electron chi connectivity index (χ0n) is 9.38. The molecular formula is C11H22N2O. The van der Waals surface area contributed by atoms with Gasteiger partial charge in [-0.25, -0.2) is 0 Å². The van der Waals surface area contributed by atoms with Crippen LogP contribution in [-0.4, -0.2) is 30.9 Å². The molecule has 0 aromatic heterocycles. The summed E-state index contributed by atoms with van der Waals surface area (Å²) in [4.78, 5) is 13.4. The van der Waals surface area contributed by atoms with Gasteiger partial charge in [-0.15, -0.1) is 0 Å². The molecule has 0 aromatic rings. The Morgan fingerprint density at radius 1 is 1.50 bits per heavy atom. The first kappa shape index (κ1) is 11.5. The van der Waals surface area contributed by atoms with Crippen LogP contribution in [-0.2, 0) is 4.79 Å². The van der Waals surface area contributed by atoms with E-state index < -0.39 is 0 Å². The Balaban J connectivity index is 2.38. The molecule has 0 spiro atoms. The van der Waals surface area contributed by atoms with Crippen LogP contribution in [0.1, 0.15) is 39.0 Å². The summed E-state index contributed by atoms with van der Waals surface area (Å²) in [5.41, 5.74) is 6.00. The Morgan fingerprint density at radius 2 is 2.14 bits per heavy atom. The number of hydrogen-bond acceptors (Lipinski definition) is 2. The average Bonchev–Trinajstić information content (AvgIpc) is 2.11. The lowest BCUT2D eigenvalue weighted by Crippen LogP contribution is -2.47. The van der Waals surface area contributed by atoms with Gasteiger partial charge in [0.05, 0.1) is 0 Å². The topological polar surface area (TPSA) is 46.3 Å². The highest BCUT2D eigenvalue weighted by Gasteiger charge is 2.37. The van der Waals surface area contributed by atoms with Crippen LogP contribution in [0.3, 0.4) is 0 Å². The molecule has 1 rings (SSSR count). The van der Waals surface area contributed by atoms with Crippen molar-refractivity contribution in [3.8, 4) is 0 Å². The minimum Gasteiger partial charge on any atom is -0.345 e. The van der Waals surface area contributed by atoms with Crippen molar-refractivity contribution in [2.45, 2.75) is 39.0 Å². The lowest BCUT2D eigenvalue weighted by atomic mass is 9.68. The van der Waals surface area contributed by atoms with Crippen LogP contribution >= 0.6 is 0 Å². The maximum Gasteiger partial charge on any atom is 0.222 e. The molecule has 82 valence electrons. The summed E-state index contributed by atoms with van der Waals surface area (Å²) in [6.45, 7) is 3.60. The normalized spacial score (nSPS) is 18.8. The van der Waals surface area contributed by atoms with Crippen molar-refractivity contribution in [1.29, 1.82) is 0 Å². The highest BCUT2D eigenvalue weighted by Crippen LogP contribution is 2.40. The molecular weight excluding hydrogens is 176 g/mol. The molecule has 3 nitrogen and oxygen atoms in total. The first-order valence-electron chi connectivity index (χ1n) is 5.57. The Bertz CT molecular complexity index is 194. The van der Waals surface area contributed by atoms with Gasteiger partial charge in [0.25, 0.3) is 0 Å². The fraction of sp³-hybridized carbons (Fsp3) is 0.909. The van der Waals surface area contributed by atoms with E-state index in [1.807, 2.05) is 18.9 Å². The van der Waals surface area contributed by atoms with E-state index in [1.54, 1.807) is 0 Å². The summed E-state index contributed by atoms with van der Waals surface area (Å²) in [6.07, 6.45) is 5.24. The monoisotopic (exact) mass is 198 g/mol. The van der Waals surface area contributed by atoms with Crippen LogP contribution in [0.4, 0.5) is 0 Å². The number of nitrogens with zero attached hydrogens (tertiary/aromatic N) is 1. The van der Waals surface area contributed by atoms with E-state index in [1.165, 1.54) is 19.3 Å². The van der Waals surface area contributed by atoms with Crippen molar-refractivity contribution < 1.29 is 4.79 Å². The van der Waals surface area contributed by atoms with Gasteiger partial charge in [0, 0.05) is 25.4 Å². The summed E-state index contributed by atoms with van der Waals surface area (Å²) in [5.74, 6) is 0.257. The van der Waals surface area contributed by atoms with E-state index in [4.69, 9.17) is 5.73 Å². The summed E-state index contributed by atoms with van der Waals surface area (Å²) in [6, 6.07) is 0. The van der Waals surface area contributed by atoms with Crippen molar-refractivity contribution in [2.75, 3.05) is 20.1 Å². The molecule has 0 saturated heterocycles. The number of hydrogen-bond donors (Lipinski definition) is 1. The molecule has 1 fully saturated rings. The van der Waals surface area contributed by atoms with Crippen LogP contribution in [0.2, 0.25) is 0 Å². The number of amides is 1. The van der Waals surface area contributed by atoms with Gasteiger partial charge in [0.2, 0.25) is 5.91 Å². The molecule has 1 aliphatic rings. The molecule has 3 heteroatoms. The predicted molar refractivity (Wildman–Crippen MR) is 57.9 cm³/mol. The maximum atomic E-state index is 11.6. The minimum atomic E-state index is 0.248. The van der Waals surface area contributed by atoms with Gasteiger partial charge < -0.3 is 10.6 Å². The Labute approximate surface area is 86.6 Å². The number of carbonyl (C=O) groups is 1. The van der Waals surface area contributed by atoms with Crippen LogP contribution in [0.15, 0.2) is 0 Å². The largest absolute Gasteiger partial charge is 0.345 e. The molecule has 0 bridgehead atoms. The van der Waals surface area contributed by atoms with E-state index in [9.17, 15) is 4.79 Å². The third kappa shape index (κ3) is 2.47. The van der Waals surface area contributed by atoms with Crippen molar-refractivity contribution in [3.63, 3.8) is 0 Å². The minimum absolute atomic E-state index is 0.248. The zero-order valence-corrected chi connectivity index (χ0v) is 9.38. The average molecular weight is 198 g/mol. The second-order valence-corrected chi connectivity index (χ2v) is 4.56. The van der Waals surface area contributed by atoms with Gasteiger partial charge >= 0.3 is 0 Å². The highest BCUT2D eigenvalue weighted by molar-refractivity contribution is 5.75. The summed E-state index contributed by atoms with van der Waals surface area (Å²) in [7, 11) is 1.90. The van der Waals surface area contributed by atoms with Crippen molar-refractivity contribution in [1.82, 2.24) is 4.90 Å². The summed E-state index contributed by atoms with van der Waals surface area (Å²) in [5, 5.41) is 0. The van der Waals surface area contributed by atoms with Gasteiger partial charge in [0.1, 0.15) is 0 Å². The van der Waals surface area contributed by atoms with Gasteiger partial charge in [-0.05, 0) is 25.8 Å². The van der Waals surface area contributed by atoms with Gasteiger partial charge in [-0.3, -0.25) is 4.79 Å². The van der Waals surface area contributed by atoms with Crippen LogP contribution in [0.25, 0.3) is 0 Å². The molecule has 1 amide bonds. The quantitative estimate of drug-likeness (QED) is 0.725. The Hall–Kier alpha value is -0.570. The first-order chi connectivity index (χ1) is 6.63. The van der Waals surface area contributed by atoms with Crippen LogP contribution < -0.4 is 5.73 Å². The molecule has 1 saturated carbocycles. The number of nitrogens with two attached hydrogens (primary N) is 1. The molecule has 2 N–H and O–H groups in total. The van der Waals surface area contributed by atoms with E-state index in [0.29, 0.717) is 6.42 Å². The Morgan fingerprint density at radius 3 is 2.50 bits per heavy atom. The third-order valence-electron chi connectivity index (χ3n) is 3.31. The number of rotatable bonds is 5. The smallest absolute Gasteiger partial charge is 0.222 e. The molecule has 0 aliphatic heterocycles. The van der Waals surface area contributed by atoms with E-state index in [-0.39, 0.29) is 11.3 Å². The van der Waals surface area contributed by atoms with Crippen molar-refractivity contribution in [2.24, 2.45) is 11.1 Å². The molecule has 14 heavy (non-hydrogen) atoms. The first-order valence-corrected chi connectivity index (χ1v) is 5.57. The Kier molecular flexibility index (Phi) is 3.93. The predicted octanol–water partition coefficient (Wildman–Crippen LogP) is 1.37. The molecule has 0 aromatic carbocycles. The lowest BCUT2D eigenvalue weighted by Gasteiger charge is -2.43. The fourth-order valence-electron chi connectivity index (χ4n) is 2.10. The maximum absolute atomic E-state index is 11.6. The standard InChI is InChI=1S/C11H22N2O/c1-3-5-10(14)13(2)9-11(8-12)6-4-7-11/h3-9,12H2,1-2H3. The SMILES string of the molecule is CCCC(=O)N(C)CC1(CN)CCC1. The van der Waals surface area contributed by atoms with Crippen molar-refractivity contribution in [3.05, 3.63) is 0 Å². The molecule has 0 unspecified atom stereocenters. The van der Waals surface area contributed by atoms with Gasteiger partial charge in [-0.1, -0.05) is 13.3 Å². The van der Waals surface area contributed by atoms with E-state index in [0.717, 1.165) is 19.5 Å². The second-order valence-electron chi connectivity index (χ2n) is 4.56. The summed E-state index contributed by atoms with van der Waals surface area (Å²) >= 11 is 0. The molecule has 0 radical (unpaired) electrons. The fourth-order valence-corrected chi connectivity index (χ4v) is 2.10. The lowest BCUT2D eigenvalue weighted by molar-refractivity contribution is -0.132. The third-order valence-corrected chi connectivity index (χ3v) is 3.31. The highest BCUT2D eigenvalue weighted by atomic mass is 16.2. The molecule has 0 atom stereocenters. The van der Waals surface area contributed by atoms with Gasteiger partial charge in [0.15, 0.2) is 0 Å². The van der Waals surface area contributed by atoms with Crippen molar-refractivity contribution >= 4 is 5.91 Å². The van der Waals surface area contributed by atoms with Crippen LogP contribution in [0, 0.1) is 5.41 Å². The zero-order chi connectivity index (χ0) is 10.6. The molecule has 0 heterocycles. The van der Waals surface area contributed by atoms with E-state index in [2.05, 4.69) is 0 Å². The van der Waals surface area contributed by atoms with Crippen LogP contribution in [0.5, 0.6) is 0 Å². The number of carbonyl (C=O) groups excluding carboxylic acids is 1. The van der Waals surface area contributed by atoms with Gasteiger partial charge in [-0.2, -0.15) is 0 Å². The molecule has 1 aliphatic carbocycles. The van der Waals surface area contributed by atoms with E-state index >= 15 is 0 Å².